The van der Waals surface area contributed by atoms with Crippen molar-refractivity contribution in [2.24, 2.45) is 0 Å². The molecule has 1 atom stereocenters. The highest BCUT2D eigenvalue weighted by Crippen LogP contribution is 2.28. The van der Waals surface area contributed by atoms with Gasteiger partial charge in [-0.05, 0) is 37.1 Å². The third kappa shape index (κ3) is 2.43. The molecule has 0 saturated carbocycles. The van der Waals surface area contributed by atoms with Gasteiger partial charge in [-0.3, -0.25) is 4.98 Å². The van der Waals surface area contributed by atoms with Gasteiger partial charge in [0, 0.05) is 17.6 Å². The van der Waals surface area contributed by atoms with Crippen LogP contribution in [0.3, 0.4) is 0 Å². The molecule has 1 saturated heterocycles. The highest BCUT2D eigenvalue weighted by atomic mass is 35.5. The minimum Gasteiger partial charge on any atom is -0.310 e. The molecule has 3 heteroatoms. The first kappa shape index (κ1) is 12.3. The molecule has 0 amide bonds. The fourth-order valence-corrected chi connectivity index (χ4v) is 2.54. The lowest BCUT2D eigenvalue weighted by atomic mass is 9.95. The van der Waals surface area contributed by atoms with Crippen molar-refractivity contribution >= 4 is 23.3 Å². The van der Waals surface area contributed by atoms with Crippen LogP contribution in [0.5, 0.6) is 0 Å². The molecule has 1 aliphatic heterocycles. The van der Waals surface area contributed by atoms with E-state index in [4.69, 9.17) is 0 Å². The zero-order valence-electron chi connectivity index (χ0n) is 9.73. The summed E-state index contributed by atoms with van der Waals surface area (Å²) in [6.07, 6.45) is 5.80. The number of hydrogen-bond donors (Lipinski definition) is 1. The minimum absolute atomic E-state index is 0. The number of nitrogens with zero attached hydrogens (tertiary/aromatic N) is 1. The minimum atomic E-state index is 0. The maximum atomic E-state index is 4.41. The summed E-state index contributed by atoms with van der Waals surface area (Å²) in [5.74, 6) is 0. The molecule has 3 rings (SSSR count). The molecule has 0 spiro atoms. The van der Waals surface area contributed by atoms with Crippen LogP contribution in [0.1, 0.15) is 30.9 Å². The van der Waals surface area contributed by atoms with E-state index in [2.05, 4.69) is 34.6 Å². The summed E-state index contributed by atoms with van der Waals surface area (Å²) in [6, 6.07) is 11.1. The molecule has 1 N–H and O–H groups in total. The van der Waals surface area contributed by atoms with E-state index in [1.807, 2.05) is 12.3 Å². The van der Waals surface area contributed by atoms with Gasteiger partial charge in [-0.1, -0.05) is 24.6 Å². The number of piperidine rings is 1. The van der Waals surface area contributed by atoms with Crippen LogP contribution in [0, 0.1) is 0 Å². The van der Waals surface area contributed by atoms with Gasteiger partial charge >= 0.3 is 0 Å². The monoisotopic (exact) mass is 248 g/mol. The van der Waals surface area contributed by atoms with Crippen molar-refractivity contribution in [3.63, 3.8) is 0 Å². The Bertz CT molecular complexity index is 487. The Hall–Kier alpha value is -1.12. The van der Waals surface area contributed by atoms with Gasteiger partial charge in [0.05, 0.1) is 5.52 Å². The molecule has 17 heavy (non-hydrogen) atoms. The van der Waals surface area contributed by atoms with Crippen LogP contribution in [0.25, 0.3) is 10.9 Å². The first-order valence-electron chi connectivity index (χ1n) is 6.02. The van der Waals surface area contributed by atoms with Crippen LogP contribution >= 0.6 is 12.4 Å². The van der Waals surface area contributed by atoms with Crippen molar-refractivity contribution < 1.29 is 0 Å². The van der Waals surface area contributed by atoms with E-state index in [1.165, 1.54) is 30.2 Å². The Morgan fingerprint density at radius 1 is 1.12 bits per heavy atom. The normalized spacial score (nSPS) is 19.9. The van der Waals surface area contributed by atoms with Gasteiger partial charge in [0.1, 0.15) is 0 Å². The number of para-hydroxylation sites is 1. The standard InChI is InChI=1S/C14H16N2.ClH/c1-2-6-13-11(5-1)12(8-10-16-13)14-7-3-4-9-15-14;/h1-2,5-6,8,10,14-15H,3-4,7,9H2;1H/t14-;/m1./s1. The fraction of sp³-hybridized carbons (Fsp3) is 0.357. The lowest BCUT2D eigenvalue weighted by Crippen LogP contribution is -2.26. The zero-order chi connectivity index (χ0) is 10.8. The van der Waals surface area contributed by atoms with Crippen LogP contribution in [0.15, 0.2) is 36.5 Å². The summed E-state index contributed by atoms with van der Waals surface area (Å²) in [5, 5.41) is 4.90. The molecule has 0 aliphatic carbocycles. The topological polar surface area (TPSA) is 24.9 Å². The molecule has 2 nitrogen and oxygen atoms in total. The van der Waals surface area contributed by atoms with E-state index in [-0.39, 0.29) is 12.4 Å². The van der Waals surface area contributed by atoms with Crippen LogP contribution in [-0.4, -0.2) is 11.5 Å². The van der Waals surface area contributed by atoms with Crippen molar-refractivity contribution in [1.29, 1.82) is 0 Å². The Morgan fingerprint density at radius 3 is 2.82 bits per heavy atom. The fourth-order valence-electron chi connectivity index (χ4n) is 2.54. The van der Waals surface area contributed by atoms with E-state index in [9.17, 15) is 0 Å². The van der Waals surface area contributed by atoms with Crippen molar-refractivity contribution in [3.8, 4) is 0 Å². The molecule has 2 aromatic rings. The van der Waals surface area contributed by atoms with Crippen LogP contribution < -0.4 is 5.32 Å². The van der Waals surface area contributed by atoms with E-state index in [0.717, 1.165) is 12.1 Å². The molecule has 1 fully saturated rings. The second kappa shape index (κ2) is 5.48. The first-order chi connectivity index (χ1) is 7.95. The molecule has 0 bridgehead atoms. The highest BCUT2D eigenvalue weighted by molar-refractivity contribution is 5.85. The maximum absolute atomic E-state index is 4.41. The third-order valence-electron chi connectivity index (χ3n) is 3.37. The number of nitrogens with one attached hydrogen (secondary N) is 1. The second-order valence-electron chi connectivity index (χ2n) is 4.42. The van der Waals surface area contributed by atoms with E-state index >= 15 is 0 Å². The van der Waals surface area contributed by atoms with Crippen LogP contribution in [0.4, 0.5) is 0 Å². The molecule has 1 aromatic heterocycles. The highest BCUT2D eigenvalue weighted by Gasteiger charge is 2.16. The number of benzene rings is 1. The second-order valence-corrected chi connectivity index (χ2v) is 4.42. The Morgan fingerprint density at radius 2 is 2.00 bits per heavy atom. The number of aromatic nitrogens is 1. The van der Waals surface area contributed by atoms with Gasteiger partial charge in [0.2, 0.25) is 0 Å². The lowest BCUT2D eigenvalue weighted by Gasteiger charge is -2.24. The van der Waals surface area contributed by atoms with Gasteiger partial charge in [0.25, 0.3) is 0 Å². The Kier molecular flexibility index (Phi) is 3.97. The molecule has 90 valence electrons. The molecule has 2 heterocycles. The third-order valence-corrected chi connectivity index (χ3v) is 3.37. The van der Waals surface area contributed by atoms with E-state index < -0.39 is 0 Å². The molecule has 0 radical (unpaired) electrons. The summed E-state index contributed by atoms with van der Waals surface area (Å²) in [6.45, 7) is 1.14. The maximum Gasteiger partial charge on any atom is 0.0705 e. The SMILES string of the molecule is Cl.c1ccc2c([C@H]3CCCCN3)ccnc2c1. The predicted octanol–water partition coefficient (Wildman–Crippen LogP) is 3.47. The van der Waals surface area contributed by atoms with Gasteiger partial charge in [-0.25, -0.2) is 0 Å². The van der Waals surface area contributed by atoms with Crippen molar-refractivity contribution in [3.05, 3.63) is 42.1 Å². The summed E-state index contributed by atoms with van der Waals surface area (Å²) in [7, 11) is 0. The van der Waals surface area contributed by atoms with Crippen molar-refractivity contribution in [1.82, 2.24) is 10.3 Å². The molecule has 0 unspecified atom stereocenters. The zero-order valence-corrected chi connectivity index (χ0v) is 10.5. The van der Waals surface area contributed by atoms with Gasteiger partial charge in [0.15, 0.2) is 0 Å². The van der Waals surface area contributed by atoms with Crippen molar-refractivity contribution in [2.75, 3.05) is 6.54 Å². The first-order valence-corrected chi connectivity index (χ1v) is 6.02. The average Bonchev–Trinajstić information content (AvgIpc) is 2.39. The molecule has 1 aromatic carbocycles. The Labute approximate surface area is 108 Å². The van der Waals surface area contributed by atoms with Gasteiger partial charge < -0.3 is 5.32 Å². The summed E-state index contributed by atoms with van der Waals surface area (Å²) in [5.41, 5.74) is 2.51. The van der Waals surface area contributed by atoms with Gasteiger partial charge in [-0.2, -0.15) is 0 Å². The van der Waals surface area contributed by atoms with Crippen LogP contribution in [0.2, 0.25) is 0 Å². The molecular formula is C14H17ClN2. The lowest BCUT2D eigenvalue weighted by molar-refractivity contribution is 0.414. The van der Waals surface area contributed by atoms with E-state index in [0.29, 0.717) is 6.04 Å². The summed E-state index contributed by atoms with van der Waals surface area (Å²) in [4.78, 5) is 4.41. The van der Waals surface area contributed by atoms with Crippen molar-refractivity contribution in [2.45, 2.75) is 25.3 Å². The average molecular weight is 249 g/mol. The number of hydrogen-bond acceptors (Lipinski definition) is 2. The smallest absolute Gasteiger partial charge is 0.0705 e. The molecule has 1 aliphatic rings. The quantitative estimate of drug-likeness (QED) is 0.836. The number of rotatable bonds is 1. The number of fused-ring (bicyclic) bond motifs is 1. The van der Waals surface area contributed by atoms with E-state index in [1.54, 1.807) is 0 Å². The van der Waals surface area contributed by atoms with Crippen LogP contribution in [-0.2, 0) is 0 Å². The number of pyridine rings is 1. The largest absolute Gasteiger partial charge is 0.310 e. The van der Waals surface area contributed by atoms with Gasteiger partial charge in [-0.15, -0.1) is 12.4 Å². The molecular weight excluding hydrogens is 232 g/mol. The summed E-state index contributed by atoms with van der Waals surface area (Å²) < 4.78 is 0. The Balaban J connectivity index is 0.00000108. The summed E-state index contributed by atoms with van der Waals surface area (Å²) >= 11 is 0. The number of halogens is 1. The predicted molar refractivity (Wildman–Crippen MR) is 73.6 cm³/mol.